The highest BCUT2D eigenvalue weighted by Crippen LogP contribution is 2.22. The van der Waals surface area contributed by atoms with E-state index in [4.69, 9.17) is 9.84 Å². The quantitative estimate of drug-likeness (QED) is 0.870. The molecule has 0 atom stereocenters. The van der Waals surface area contributed by atoms with Crippen molar-refractivity contribution in [2.24, 2.45) is 0 Å². The van der Waals surface area contributed by atoms with Crippen LogP contribution in [0, 0.1) is 5.82 Å². The highest BCUT2D eigenvalue weighted by molar-refractivity contribution is 7.91. The van der Waals surface area contributed by atoms with E-state index in [0.717, 1.165) is 18.2 Å². The van der Waals surface area contributed by atoms with Crippen LogP contribution < -0.4 is 0 Å². The van der Waals surface area contributed by atoms with Crippen molar-refractivity contribution < 1.29 is 27.4 Å². The number of sulfone groups is 1. The molecule has 1 rings (SSSR count). The molecule has 0 aliphatic carbocycles. The normalized spacial score (nSPS) is 12.4. The molecule has 0 aliphatic heterocycles. The lowest BCUT2D eigenvalue weighted by Crippen LogP contribution is -2.26. The lowest BCUT2D eigenvalue weighted by molar-refractivity contribution is 0.0203. The summed E-state index contributed by atoms with van der Waals surface area (Å²) in [6, 6.07) is 2.71. The van der Waals surface area contributed by atoms with E-state index in [1.807, 2.05) is 0 Å². The molecule has 1 N–H and O–H groups in total. The summed E-state index contributed by atoms with van der Waals surface area (Å²) in [5, 5.41) is 8.83. The van der Waals surface area contributed by atoms with Gasteiger partial charge in [0.1, 0.15) is 10.7 Å². The van der Waals surface area contributed by atoms with Gasteiger partial charge in [-0.2, -0.15) is 0 Å². The van der Waals surface area contributed by atoms with Gasteiger partial charge in [-0.3, -0.25) is 0 Å². The van der Waals surface area contributed by atoms with Gasteiger partial charge < -0.3 is 9.84 Å². The molecule has 0 bridgehead atoms. The van der Waals surface area contributed by atoms with Crippen LogP contribution in [0.15, 0.2) is 23.1 Å². The minimum atomic E-state index is -3.91. The molecular formula is C13H17FO5S. The van der Waals surface area contributed by atoms with Crippen LogP contribution in [0.2, 0.25) is 0 Å². The summed E-state index contributed by atoms with van der Waals surface area (Å²) in [6.45, 7) is 3.43. The largest absolute Gasteiger partial charge is 0.478 e. The van der Waals surface area contributed by atoms with E-state index in [2.05, 4.69) is 0 Å². The summed E-state index contributed by atoms with van der Waals surface area (Å²) in [5.74, 6) is -2.59. The second-order valence-electron chi connectivity index (χ2n) is 4.98. The Morgan fingerprint density at radius 3 is 2.50 bits per heavy atom. The van der Waals surface area contributed by atoms with Crippen LogP contribution in [0.3, 0.4) is 0 Å². The van der Waals surface area contributed by atoms with Crippen molar-refractivity contribution in [3.8, 4) is 0 Å². The lowest BCUT2D eigenvalue weighted by atomic mass is 10.1. The summed E-state index contributed by atoms with van der Waals surface area (Å²) in [6.07, 6.45) is 0.169. The Kier molecular flexibility index (Phi) is 4.88. The number of carboxylic acid groups (broad SMARTS) is 1. The average molecular weight is 304 g/mol. The lowest BCUT2D eigenvalue weighted by Gasteiger charge is -2.22. The molecule has 112 valence electrons. The summed E-state index contributed by atoms with van der Waals surface area (Å²) in [5.41, 5.74) is -0.926. The first kappa shape index (κ1) is 16.6. The Balaban J connectivity index is 3.09. The molecule has 0 aromatic heterocycles. The van der Waals surface area contributed by atoms with E-state index in [1.54, 1.807) is 13.8 Å². The molecule has 1 aromatic rings. The number of hydrogen-bond acceptors (Lipinski definition) is 4. The monoisotopic (exact) mass is 304 g/mol. The Morgan fingerprint density at radius 1 is 1.40 bits per heavy atom. The number of carbonyl (C=O) groups is 1. The molecule has 0 aliphatic rings. The first-order valence-corrected chi connectivity index (χ1v) is 7.55. The van der Waals surface area contributed by atoms with Crippen LogP contribution >= 0.6 is 0 Å². The standard InChI is InChI=1S/C13H17FO5S/c1-13(2,19-3)6-7-20(17,18)11-8-9(12(15)16)4-5-10(11)14/h4-5,8H,6-7H2,1-3H3,(H,15,16). The summed E-state index contributed by atoms with van der Waals surface area (Å²) in [4.78, 5) is 10.2. The number of rotatable bonds is 6. The van der Waals surface area contributed by atoms with Crippen LogP contribution in [0.1, 0.15) is 30.6 Å². The summed E-state index contributed by atoms with van der Waals surface area (Å²) >= 11 is 0. The van der Waals surface area contributed by atoms with Crippen molar-refractivity contribution in [1.82, 2.24) is 0 Å². The van der Waals surface area contributed by atoms with E-state index < -0.39 is 32.1 Å². The zero-order chi connectivity index (χ0) is 15.6. The maximum Gasteiger partial charge on any atom is 0.335 e. The van der Waals surface area contributed by atoms with Crippen LogP contribution in [0.5, 0.6) is 0 Å². The Morgan fingerprint density at radius 2 is 2.00 bits per heavy atom. The Bertz CT molecular complexity index is 607. The molecule has 0 amide bonds. The third-order valence-electron chi connectivity index (χ3n) is 3.04. The van der Waals surface area contributed by atoms with Crippen molar-refractivity contribution in [2.45, 2.75) is 30.8 Å². The molecule has 0 spiro atoms. The molecule has 0 saturated carbocycles. The SMILES string of the molecule is COC(C)(C)CCS(=O)(=O)c1cc(C(=O)O)ccc1F. The molecule has 0 saturated heterocycles. The van der Waals surface area contributed by atoms with Gasteiger partial charge in [0.15, 0.2) is 9.84 Å². The van der Waals surface area contributed by atoms with E-state index in [-0.39, 0.29) is 17.7 Å². The minimum absolute atomic E-state index is 0.169. The van der Waals surface area contributed by atoms with Crippen molar-refractivity contribution >= 4 is 15.8 Å². The van der Waals surface area contributed by atoms with Crippen molar-refractivity contribution in [1.29, 1.82) is 0 Å². The molecule has 0 fully saturated rings. The number of halogens is 1. The average Bonchev–Trinajstić information content (AvgIpc) is 2.37. The first-order valence-electron chi connectivity index (χ1n) is 5.90. The van der Waals surface area contributed by atoms with Gasteiger partial charge in [0.2, 0.25) is 0 Å². The fourth-order valence-corrected chi connectivity index (χ4v) is 3.12. The van der Waals surface area contributed by atoms with Gasteiger partial charge in [-0.25, -0.2) is 17.6 Å². The Hall–Kier alpha value is -1.47. The van der Waals surface area contributed by atoms with Gasteiger partial charge >= 0.3 is 5.97 Å². The summed E-state index contributed by atoms with van der Waals surface area (Å²) in [7, 11) is -2.45. The highest BCUT2D eigenvalue weighted by atomic mass is 32.2. The number of ether oxygens (including phenoxy) is 1. The van der Waals surface area contributed by atoms with Gasteiger partial charge in [0.25, 0.3) is 0 Å². The van der Waals surface area contributed by atoms with Gasteiger partial charge in [0, 0.05) is 7.11 Å². The third-order valence-corrected chi connectivity index (χ3v) is 4.76. The van der Waals surface area contributed by atoms with Crippen LogP contribution in [-0.2, 0) is 14.6 Å². The zero-order valence-corrected chi connectivity index (χ0v) is 12.3. The van der Waals surface area contributed by atoms with Gasteiger partial charge in [-0.05, 0) is 38.5 Å². The zero-order valence-electron chi connectivity index (χ0n) is 11.5. The molecule has 20 heavy (non-hydrogen) atoms. The predicted octanol–water partition coefficient (Wildman–Crippen LogP) is 2.11. The van der Waals surface area contributed by atoms with Crippen LogP contribution in [0.25, 0.3) is 0 Å². The van der Waals surface area contributed by atoms with Crippen molar-refractivity contribution in [3.63, 3.8) is 0 Å². The fourth-order valence-electron chi connectivity index (χ4n) is 1.47. The molecule has 7 heteroatoms. The van der Waals surface area contributed by atoms with E-state index in [9.17, 15) is 17.6 Å². The minimum Gasteiger partial charge on any atom is -0.478 e. The Labute approximate surface area is 117 Å². The molecule has 5 nitrogen and oxygen atoms in total. The smallest absolute Gasteiger partial charge is 0.335 e. The highest BCUT2D eigenvalue weighted by Gasteiger charge is 2.25. The fraction of sp³-hybridized carbons (Fsp3) is 0.462. The number of carboxylic acids is 1. The van der Waals surface area contributed by atoms with E-state index in [1.165, 1.54) is 7.11 Å². The van der Waals surface area contributed by atoms with Gasteiger partial charge in [-0.15, -0.1) is 0 Å². The predicted molar refractivity (Wildman–Crippen MR) is 71.1 cm³/mol. The molecular weight excluding hydrogens is 287 g/mol. The van der Waals surface area contributed by atoms with Crippen molar-refractivity contribution in [2.75, 3.05) is 12.9 Å². The maximum absolute atomic E-state index is 13.6. The molecule has 0 radical (unpaired) electrons. The number of benzene rings is 1. The first-order chi connectivity index (χ1) is 9.09. The van der Waals surface area contributed by atoms with E-state index >= 15 is 0 Å². The molecule has 0 unspecified atom stereocenters. The van der Waals surface area contributed by atoms with Crippen LogP contribution in [-0.4, -0.2) is 38.0 Å². The van der Waals surface area contributed by atoms with E-state index in [0.29, 0.717) is 0 Å². The topological polar surface area (TPSA) is 80.7 Å². The van der Waals surface area contributed by atoms with Gasteiger partial charge in [-0.1, -0.05) is 0 Å². The number of methoxy groups -OCH3 is 1. The summed E-state index contributed by atoms with van der Waals surface area (Å²) < 4.78 is 42.9. The number of aromatic carboxylic acids is 1. The van der Waals surface area contributed by atoms with Crippen molar-refractivity contribution in [3.05, 3.63) is 29.6 Å². The third kappa shape index (κ3) is 4.01. The number of hydrogen-bond donors (Lipinski definition) is 1. The van der Waals surface area contributed by atoms with Crippen LogP contribution in [0.4, 0.5) is 4.39 Å². The second-order valence-corrected chi connectivity index (χ2v) is 7.06. The maximum atomic E-state index is 13.6. The van der Waals surface area contributed by atoms with Gasteiger partial charge in [0.05, 0.1) is 16.9 Å². The molecule has 0 heterocycles. The molecule has 1 aromatic carbocycles. The second kappa shape index (κ2) is 5.88.